The van der Waals surface area contributed by atoms with E-state index in [1.807, 2.05) is 31.0 Å². The van der Waals surface area contributed by atoms with Gasteiger partial charge < -0.3 is 9.80 Å². The maximum absolute atomic E-state index is 13.2. The number of carbonyl (C=O) groups is 1. The summed E-state index contributed by atoms with van der Waals surface area (Å²) in [6, 6.07) is 8.33. The summed E-state index contributed by atoms with van der Waals surface area (Å²) in [5, 5.41) is 3.94. The summed E-state index contributed by atoms with van der Waals surface area (Å²) in [4.78, 5) is 28.1. The number of aryl methyl sites for hydroxylation is 1. The Morgan fingerprint density at radius 1 is 1.19 bits per heavy atom. The van der Waals surface area contributed by atoms with Crippen molar-refractivity contribution in [2.24, 2.45) is 5.92 Å². The molecule has 3 aliphatic heterocycles. The minimum absolute atomic E-state index is 0.0796. The summed E-state index contributed by atoms with van der Waals surface area (Å²) < 4.78 is 0. The number of likely N-dealkylation sites (N-methyl/N-ethyl adjacent to an activating group) is 1. The van der Waals surface area contributed by atoms with Gasteiger partial charge in [0.15, 0.2) is 0 Å². The van der Waals surface area contributed by atoms with Crippen LogP contribution in [0.2, 0.25) is 5.02 Å². The Morgan fingerprint density at radius 2 is 2.00 bits per heavy atom. The fourth-order valence-electron chi connectivity index (χ4n) is 5.80. The first kappa shape index (κ1) is 20.6. The fourth-order valence-corrected chi connectivity index (χ4v) is 6.94. The molecule has 7 heteroatoms. The Hall–Kier alpha value is -2.02. The Balaban J connectivity index is 1.21. The van der Waals surface area contributed by atoms with Gasteiger partial charge in [-0.1, -0.05) is 17.7 Å². The molecule has 5 heterocycles. The number of halogens is 1. The number of piperidine rings is 3. The predicted molar refractivity (Wildman–Crippen MR) is 129 cm³/mol. The van der Waals surface area contributed by atoms with E-state index in [1.54, 1.807) is 11.3 Å². The third-order valence-corrected chi connectivity index (χ3v) is 8.83. The highest BCUT2D eigenvalue weighted by molar-refractivity contribution is 7.16. The van der Waals surface area contributed by atoms with Crippen molar-refractivity contribution in [1.29, 1.82) is 0 Å². The average molecular weight is 467 g/mol. The van der Waals surface area contributed by atoms with Crippen molar-refractivity contribution < 1.29 is 4.79 Å². The highest BCUT2D eigenvalue weighted by Crippen LogP contribution is 2.57. The third-order valence-electron chi connectivity index (χ3n) is 7.69. The van der Waals surface area contributed by atoms with E-state index in [2.05, 4.69) is 27.4 Å². The molecule has 2 aromatic heterocycles. The van der Waals surface area contributed by atoms with Gasteiger partial charge in [0.25, 0.3) is 5.91 Å². The van der Waals surface area contributed by atoms with E-state index in [0.29, 0.717) is 34.4 Å². The zero-order valence-electron chi connectivity index (χ0n) is 18.4. The van der Waals surface area contributed by atoms with Crippen LogP contribution >= 0.6 is 22.9 Å². The highest BCUT2D eigenvalue weighted by atomic mass is 35.5. The van der Waals surface area contributed by atoms with E-state index in [1.165, 1.54) is 25.9 Å². The second-order valence-corrected chi connectivity index (χ2v) is 10.9. The van der Waals surface area contributed by atoms with Gasteiger partial charge in [-0.3, -0.25) is 4.79 Å². The van der Waals surface area contributed by atoms with Crippen LogP contribution < -0.4 is 0 Å². The van der Waals surface area contributed by atoms with Crippen molar-refractivity contribution in [3.05, 3.63) is 57.3 Å². The van der Waals surface area contributed by atoms with Crippen LogP contribution in [0.1, 0.15) is 58.5 Å². The molecule has 32 heavy (non-hydrogen) atoms. The second kappa shape index (κ2) is 7.79. The molecular weight excluding hydrogens is 440 g/mol. The molecule has 2 unspecified atom stereocenters. The van der Waals surface area contributed by atoms with Gasteiger partial charge in [-0.15, -0.1) is 11.3 Å². The van der Waals surface area contributed by atoms with Gasteiger partial charge in [-0.2, -0.15) is 0 Å². The monoisotopic (exact) mass is 466 g/mol. The maximum atomic E-state index is 13.2. The Bertz CT molecular complexity index is 1200. The van der Waals surface area contributed by atoms with Gasteiger partial charge in [0.1, 0.15) is 10.7 Å². The molecule has 7 rings (SSSR count). The number of amides is 1. The van der Waals surface area contributed by atoms with Gasteiger partial charge in [-0.05, 0) is 80.3 Å². The normalized spacial score (nSPS) is 28.8. The SMILES string of the molecule is Cc1nc(C2CC2c2ccc(C(=O)N(C)[C@@H]3CN4CCC3CC4)cc2Cl)c2ccsc2n1. The quantitative estimate of drug-likeness (QED) is 0.537. The minimum Gasteiger partial charge on any atom is -0.337 e. The van der Waals surface area contributed by atoms with Crippen LogP contribution in [0.25, 0.3) is 10.2 Å². The molecule has 4 aliphatic rings. The van der Waals surface area contributed by atoms with Gasteiger partial charge in [0.2, 0.25) is 0 Å². The van der Waals surface area contributed by atoms with Crippen LogP contribution in [0.4, 0.5) is 0 Å². The molecule has 1 amide bonds. The lowest BCUT2D eigenvalue weighted by molar-refractivity contribution is 0.0162. The van der Waals surface area contributed by atoms with Crippen LogP contribution in [-0.2, 0) is 0 Å². The van der Waals surface area contributed by atoms with Crippen LogP contribution in [0, 0.1) is 12.8 Å². The fraction of sp³-hybridized carbons (Fsp3) is 0.480. The van der Waals surface area contributed by atoms with Crippen LogP contribution in [-0.4, -0.2) is 58.4 Å². The maximum Gasteiger partial charge on any atom is 0.253 e. The van der Waals surface area contributed by atoms with Crippen molar-refractivity contribution in [3.63, 3.8) is 0 Å². The first-order valence-electron chi connectivity index (χ1n) is 11.5. The molecule has 4 fully saturated rings. The Kier molecular flexibility index (Phi) is 5.01. The van der Waals surface area contributed by atoms with E-state index < -0.39 is 0 Å². The number of hydrogen-bond donors (Lipinski definition) is 0. The Morgan fingerprint density at radius 3 is 2.72 bits per heavy atom. The van der Waals surface area contributed by atoms with E-state index in [-0.39, 0.29) is 5.91 Å². The summed E-state index contributed by atoms with van der Waals surface area (Å²) in [6.07, 6.45) is 3.43. The summed E-state index contributed by atoms with van der Waals surface area (Å²) in [5.74, 6) is 2.24. The molecule has 1 saturated carbocycles. The molecule has 3 aromatic rings. The second-order valence-electron chi connectivity index (χ2n) is 9.60. The van der Waals surface area contributed by atoms with Crippen molar-refractivity contribution >= 4 is 39.1 Å². The van der Waals surface area contributed by atoms with Crippen LogP contribution in [0.15, 0.2) is 29.6 Å². The van der Waals surface area contributed by atoms with Gasteiger partial charge >= 0.3 is 0 Å². The van der Waals surface area contributed by atoms with Gasteiger partial charge in [-0.25, -0.2) is 9.97 Å². The van der Waals surface area contributed by atoms with Crippen molar-refractivity contribution in [2.45, 2.75) is 44.1 Å². The van der Waals surface area contributed by atoms with E-state index >= 15 is 0 Å². The summed E-state index contributed by atoms with van der Waals surface area (Å²) >= 11 is 8.40. The van der Waals surface area contributed by atoms with Crippen LogP contribution in [0.3, 0.4) is 0 Å². The van der Waals surface area contributed by atoms with Gasteiger partial charge in [0, 0.05) is 41.5 Å². The molecule has 3 saturated heterocycles. The van der Waals surface area contributed by atoms with Crippen molar-refractivity contribution in [2.75, 3.05) is 26.7 Å². The molecule has 1 aromatic carbocycles. The highest BCUT2D eigenvalue weighted by Gasteiger charge is 2.43. The zero-order valence-corrected chi connectivity index (χ0v) is 20.0. The lowest BCUT2D eigenvalue weighted by Gasteiger charge is -2.48. The number of rotatable bonds is 4. The molecule has 0 radical (unpaired) electrons. The topological polar surface area (TPSA) is 49.3 Å². The number of aromatic nitrogens is 2. The number of carbonyl (C=O) groups excluding carboxylic acids is 1. The number of nitrogens with zero attached hydrogens (tertiary/aromatic N) is 4. The summed E-state index contributed by atoms with van der Waals surface area (Å²) in [6.45, 7) is 5.31. The summed E-state index contributed by atoms with van der Waals surface area (Å²) in [5.41, 5.74) is 2.95. The van der Waals surface area contributed by atoms with E-state index in [4.69, 9.17) is 16.6 Å². The Labute approximate surface area is 197 Å². The first-order chi connectivity index (χ1) is 15.5. The predicted octanol–water partition coefficient (Wildman–Crippen LogP) is 5.09. The largest absolute Gasteiger partial charge is 0.337 e. The number of thiophene rings is 1. The third kappa shape index (κ3) is 3.44. The summed E-state index contributed by atoms with van der Waals surface area (Å²) in [7, 11) is 1.96. The smallest absolute Gasteiger partial charge is 0.253 e. The average Bonchev–Trinajstić information content (AvgIpc) is 3.46. The van der Waals surface area contributed by atoms with E-state index in [0.717, 1.165) is 40.3 Å². The lowest BCUT2D eigenvalue weighted by atomic mass is 9.83. The van der Waals surface area contributed by atoms with Crippen molar-refractivity contribution in [3.8, 4) is 0 Å². The number of benzene rings is 1. The van der Waals surface area contributed by atoms with Gasteiger partial charge in [0.05, 0.1) is 5.69 Å². The zero-order chi connectivity index (χ0) is 22.0. The van der Waals surface area contributed by atoms with Crippen molar-refractivity contribution in [1.82, 2.24) is 19.8 Å². The molecule has 0 spiro atoms. The lowest BCUT2D eigenvalue weighted by Crippen LogP contribution is -2.57. The minimum atomic E-state index is 0.0796. The molecule has 2 bridgehead atoms. The molecule has 1 aliphatic carbocycles. The molecule has 3 atom stereocenters. The molecule has 166 valence electrons. The van der Waals surface area contributed by atoms with Crippen LogP contribution in [0.5, 0.6) is 0 Å². The molecular formula is C25H27ClN4OS. The molecule has 5 nitrogen and oxygen atoms in total. The first-order valence-corrected chi connectivity index (χ1v) is 12.8. The number of hydrogen-bond acceptors (Lipinski definition) is 5. The number of fused-ring (bicyclic) bond motifs is 4. The van der Waals surface area contributed by atoms with E-state index in [9.17, 15) is 4.79 Å². The standard InChI is InChI=1S/C25H27ClN4OS/c1-14-27-23(18-7-10-32-24(18)28-14)20-12-19(20)17-4-3-16(11-21(17)26)25(31)29(2)22-13-30-8-5-15(22)6-9-30/h3-4,7,10-11,15,19-20,22H,5-6,8-9,12-13H2,1-2H3/t19?,20?,22-/m1/s1. The molecule has 0 N–H and O–H groups in total.